The largest absolute Gasteiger partial charge is 0.490 e. The van der Waals surface area contributed by atoms with E-state index in [2.05, 4.69) is 16.3 Å². The third kappa shape index (κ3) is 4.54. The Labute approximate surface area is 166 Å². The summed E-state index contributed by atoms with van der Waals surface area (Å²) >= 11 is 0. The predicted octanol–water partition coefficient (Wildman–Crippen LogP) is 3.61. The first-order chi connectivity index (χ1) is 13.4. The van der Waals surface area contributed by atoms with Gasteiger partial charge in [0, 0.05) is 25.3 Å². The van der Waals surface area contributed by atoms with Crippen LogP contribution in [0.1, 0.15) is 48.2 Å². The van der Waals surface area contributed by atoms with Crippen molar-refractivity contribution >= 4 is 11.6 Å². The van der Waals surface area contributed by atoms with Gasteiger partial charge in [-0.2, -0.15) is 0 Å². The average molecular weight is 380 g/mol. The van der Waals surface area contributed by atoms with E-state index in [1.54, 1.807) is 0 Å². The summed E-state index contributed by atoms with van der Waals surface area (Å²) in [6.07, 6.45) is 3.22. The molecule has 2 aromatic carbocycles. The van der Waals surface area contributed by atoms with Gasteiger partial charge in [0.05, 0.1) is 17.3 Å². The highest BCUT2D eigenvalue weighted by molar-refractivity contribution is 6.06. The van der Waals surface area contributed by atoms with Gasteiger partial charge in [-0.25, -0.2) is 0 Å². The molecule has 1 aliphatic carbocycles. The molecule has 1 aliphatic heterocycles. The molecule has 5 heteroatoms. The van der Waals surface area contributed by atoms with Crippen LogP contribution in [0.5, 0.6) is 5.75 Å². The van der Waals surface area contributed by atoms with Gasteiger partial charge in [0.2, 0.25) is 0 Å². The molecule has 4 rings (SSSR count). The van der Waals surface area contributed by atoms with Gasteiger partial charge in [-0.1, -0.05) is 24.3 Å². The third-order valence-electron chi connectivity index (χ3n) is 5.15. The zero-order chi connectivity index (χ0) is 19.7. The van der Waals surface area contributed by atoms with Crippen LogP contribution in [0.25, 0.3) is 0 Å². The lowest BCUT2D eigenvalue weighted by molar-refractivity contribution is 0.0318. The predicted molar refractivity (Wildman–Crippen MR) is 110 cm³/mol. The molecule has 0 saturated heterocycles. The molecule has 0 radical (unpaired) electrons. The SMILES string of the molecule is CC(C)(O)CN1CCc2c(cccc2NC(=O)c2ccccc2OC2CC2)C1. The summed E-state index contributed by atoms with van der Waals surface area (Å²) in [6, 6.07) is 13.5. The minimum atomic E-state index is -0.714. The number of benzene rings is 2. The lowest BCUT2D eigenvalue weighted by atomic mass is 9.96. The zero-order valence-corrected chi connectivity index (χ0v) is 16.6. The molecule has 2 aromatic rings. The van der Waals surface area contributed by atoms with Gasteiger partial charge in [-0.05, 0) is 62.4 Å². The lowest BCUT2D eigenvalue weighted by Crippen LogP contribution is -2.41. The van der Waals surface area contributed by atoms with Crippen LogP contribution < -0.4 is 10.1 Å². The van der Waals surface area contributed by atoms with Crippen molar-refractivity contribution < 1.29 is 14.6 Å². The van der Waals surface area contributed by atoms with Crippen molar-refractivity contribution in [3.63, 3.8) is 0 Å². The number of fused-ring (bicyclic) bond motifs is 1. The molecule has 1 saturated carbocycles. The first kappa shape index (κ1) is 19.0. The Morgan fingerprint density at radius 1 is 1.21 bits per heavy atom. The summed E-state index contributed by atoms with van der Waals surface area (Å²) in [6.45, 7) is 5.95. The summed E-state index contributed by atoms with van der Waals surface area (Å²) in [4.78, 5) is 15.2. The molecule has 28 heavy (non-hydrogen) atoms. The molecule has 5 nitrogen and oxygen atoms in total. The van der Waals surface area contributed by atoms with Gasteiger partial charge < -0.3 is 15.2 Å². The van der Waals surface area contributed by atoms with Crippen molar-refractivity contribution in [3.05, 3.63) is 59.2 Å². The Hall–Kier alpha value is -2.37. The number of nitrogens with one attached hydrogen (secondary N) is 1. The highest BCUT2D eigenvalue weighted by Gasteiger charge is 2.27. The third-order valence-corrected chi connectivity index (χ3v) is 5.15. The maximum Gasteiger partial charge on any atom is 0.259 e. The molecule has 0 atom stereocenters. The number of ether oxygens (including phenoxy) is 1. The van der Waals surface area contributed by atoms with E-state index in [1.165, 1.54) is 11.1 Å². The number of hydrogen-bond donors (Lipinski definition) is 2. The topological polar surface area (TPSA) is 61.8 Å². The lowest BCUT2D eigenvalue weighted by Gasteiger charge is -2.33. The minimum Gasteiger partial charge on any atom is -0.490 e. The number of β-amino-alcohol motifs (C(OH)–C–C–N with tert-alkyl or cyclic N) is 1. The van der Waals surface area contributed by atoms with Crippen LogP contribution in [0.3, 0.4) is 0 Å². The number of para-hydroxylation sites is 1. The first-order valence-corrected chi connectivity index (χ1v) is 10.0. The Morgan fingerprint density at radius 2 is 2.00 bits per heavy atom. The van der Waals surface area contributed by atoms with Crippen LogP contribution in [0.2, 0.25) is 0 Å². The first-order valence-electron chi connectivity index (χ1n) is 10.0. The van der Waals surface area contributed by atoms with E-state index >= 15 is 0 Å². The summed E-state index contributed by atoms with van der Waals surface area (Å²) in [5.41, 5.74) is 3.12. The molecule has 148 valence electrons. The van der Waals surface area contributed by atoms with Crippen molar-refractivity contribution in [1.29, 1.82) is 0 Å². The van der Waals surface area contributed by atoms with E-state index in [1.807, 2.05) is 50.2 Å². The van der Waals surface area contributed by atoms with Crippen molar-refractivity contribution in [3.8, 4) is 5.75 Å². The Balaban J connectivity index is 1.51. The van der Waals surface area contributed by atoms with Crippen LogP contribution in [0, 0.1) is 0 Å². The molecular weight excluding hydrogens is 352 g/mol. The van der Waals surface area contributed by atoms with Crippen LogP contribution in [-0.4, -0.2) is 40.7 Å². The Kier molecular flexibility index (Phi) is 5.13. The van der Waals surface area contributed by atoms with Crippen molar-refractivity contribution in [2.75, 3.05) is 18.4 Å². The Bertz CT molecular complexity index is 868. The van der Waals surface area contributed by atoms with Gasteiger partial charge in [-0.3, -0.25) is 9.69 Å². The fourth-order valence-electron chi connectivity index (χ4n) is 3.78. The molecule has 2 aliphatic rings. The Morgan fingerprint density at radius 3 is 2.75 bits per heavy atom. The molecule has 0 spiro atoms. The number of carbonyl (C=O) groups is 1. The molecule has 1 heterocycles. The van der Waals surface area contributed by atoms with Gasteiger partial charge in [0.25, 0.3) is 5.91 Å². The maximum atomic E-state index is 12.9. The van der Waals surface area contributed by atoms with Crippen molar-refractivity contribution in [2.24, 2.45) is 0 Å². The number of carbonyl (C=O) groups excluding carboxylic acids is 1. The second-order valence-electron chi connectivity index (χ2n) is 8.48. The zero-order valence-electron chi connectivity index (χ0n) is 16.6. The van der Waals surface area contributed by atoms with E-state index in [0.29, 0.717) is 17.9 Å². The van der Waals surface area contributed by atoms with Gasteiger partial charge in [0.1, 0.15) is 5.75 Å². The number of anilines is 1. The van der Waals surface area contributed by atoms with Gasteiger partial charge >= 0.3 is 0 Å². The smallest absolute Gasteiger partial charge is 0.259 e. The van der Waals surface area contributed by atoms with Crippen molar-refractivity contribution in [2.45, 2.75) is 51.4 Å². The van der Waals surface area contributed by atoms with Gasteiger partial charge in [0.15, 0.2) is 0 Å². The number of hydrogen-bond acceptors (Lipinski definition) is 4. The number of rotatable bonds is 6. The molecule has 1 fully saturated rings. The second-order valence-corrected chi connectivity index (χ2v) is 8.48. The van der Waals surface area contributed by atoms with Crippen LogP contribution >= 0.6 is 0 Å². The van der Waals surface area contributed by atoms with E-state index in [4.69, 9.17) is 4.74 Å². The fraction of sp³-hybridized carbons (Fsp3) is 0.435. The van der Waals surface area contributed by atoms with E-state index in [9.17, 15) is 9.90 Å². The van der Waals surface area contributed by atoms with Crippen molar-refractivity contribution in [1.82, 2.24) is 4.90 Å². The number of amides is 1. The number of aliphatic hydroxyl groups is 1. The summed E-state index contributed by atoms with van der Waals surface area (Å²) in [5, 5.41) is 13.2. The molecule has 0 unspecified atom stereocenters. The van der Waals surface area contributed by atoms with Crippen LogP contribution in [-0.2, 0) is 13.0 Å². The minimum absolute atomic E-state index is 0.136. The summed E-state index contributed by atoms with van der Waals surface area (Å²) in [5.74, 6) is 0.521. The highest BCUT2D eigenvalue weighted by atomic mass is 16.5. The fourth-order valence-corrected chi connectivity index (χ4v) is 3.78. The molecule has 2 N–H and O–H groups in total. The highest BCUT2D eigenvalue weighted by Crippen LogP contribution is 2.31. The van der Waals surface area contributed by atoms with Gasteiger partial charge in [-0.15, -0.1) is 0 Å². The standard InChI is InChI=1S/C23H28N2O3/c1-23(2,27)15-25-13-12-18-16(14-25)6-5-8-20(18)24-22(26)19-7-3-4-9-21(19)28-17-10-11-17/h3-9,17,27H,10-15H2,1-2H3,(H,24,26). The summed E-state index contributed by atoms with van der Waals surface area (Å²) in [7, 11) is 0. The maximum absolute atomic E-state index is 12.9. The van der Waals surface area contributed by atoms with Crippen LogP contribution in [0.4, 0.5) is 5.69 Å². The quantitative estimate of drug-likeness (QED) is 0.804. The molecule has 0 aromatic heterocycles. The normalized spacial score (nSPS) is 17.1. The number of nitrogens with zero attached hydrogens (tertiary/aromatic N) is 1. The van der Waals surface area contributed by atoms with E-state index in [0.717, 1.165) is 38.0 Å². The van der Waals surface area contributed by atoms with E-state index < -0.39 is 5.60 Å². The van der Waals surface area contributed by atoms with E-state index in [-0.39, 0.29) is 12.0 Å². The molecule has 0 bridgehead atoms. The van der Waals surface area contributed by atoms with Crippen LogP contribution in [0.15, 0.2) is 42.5 Å². The summed E-state index contributed by atoms with van der Waals surface area (Å²) < 4.78 is 5.90. The second kappa shape index (κ2) is 7.57. The average Bonchev–Trinajstić information content (AvgIpc) is 3.45. The molecule has 1 amide bonds. The monoisotopic (exact) mass is 380 g/mol. The molecular formula is C23H28N2O3.